The quantitative estimate of drug-likeness (QED) is 0.652. The molecule has 0 fully saturated rings. The molecule has 0 aliphatic rings. The molecule has 4 nitrogen and oxygen atoms in total. The summed E-state index contributed by atoms with van der Waals surface area (Å²) in [7, 11) is 0. The van der Waals surface area contributed by atoms with E-state index in [-0.39, 0.29) is 18.1 Å². The van der Waals surface area contributed by atoms with E-state index in [2.05, 4.69) is 4.98 Å². The van der Waals surface area contributed by atoms with Gasteiger partial charge in [-0.05, 0) is 29.8 Å². The molecule has 0 saturated heterocycles. The SMILES string of the molecule is O=C(O)Cc1ccc(-c2cccc(OCc3ccc(Cl)cc3F)n2)cc1F. The lowest BCUT2D eigenvalue weighted by molar-refractivity contribution is -0.136. The van der Waals surface area contributed by atoms with Gasteiger partial charge in [0.1, 0.15) is 18.2 Å². The number of hydrogen-bond donors (Lipinski definition) is 1. The Balaban J connectivity index is 1.77. The van der Waals surface area contributed by atoms with Crippen molar-refractivity contribution in [3.8, 4) is 17.1 Å². The first-order valence-electron chi connectivity index (χ1n) is 7.97. The molecule has 0 amide bonds. The molecule has 1 aromatic heterocycles. The first-order valence-corrected chi connectivity index (χ1v) is 8.34. The van der Waals surface area contributed by atoms with E-state index < -0.39 is 24.0 Å². The van der Waals surface area contributed by atoms with Gasteiger partial charge in [0.05, 0.1) is 12.1 Å². The molecule has 0 aliphatic heterocycles. The summed E-state index contributed by atoms with van der Waals surface area (Å²) in [6.45, 7) is -0.0363. The average Bonchev–Trinajstić information content (AvgIpc) is 2.62. The van der Waals surface area contributed by atoms with Gasteiger partial charge >= 0.3 is 5.97 Å². The summed E-state index contributed by atoms with van der Waals surface area (Å²) in [4.78, 5) is 15.0. The number of aromatic nitrogens is 1. The Morgan fingerprint density at radius 3 is 2.48 bits per heavy atom. The zero-order valence-electron chi connectivity index (χ0n) is 14.0. The highest BCUT2D eigenvalue weighted by Crippen LogP contribution is 2.23. The summed E-state index contributed by atoms with van der Waals surface area (Å²) < 4.78 is 33.4. The van der Waals surface area contributed by atoms with E-state index in [4.69, 9.17) is 21.4 Å². The van der Waals surface area contributed by atoms with Crippen LogP contribution in [0.15, 0.2) is 54.6 Å². The van der Waals surface area contributed by atoms with Crippen LogP contribution in [0.25, 0.3) is 11.3 Å². The van der Waals surface area contributed by atoms with E-state index in [1.807, 2.05) is 0 Å². The fourth-order valence-electron chi connectivity index (χ4n) is 2.46. The lowest BCUT2D eigenvalue weighted by Gasteiger charge is -2.09. The maximum atomic E-state index is 14.1. The minimum Gasteiger partial charge on any atom is -0.481 e. The molecule has 0 aliphatic carbocycles. The molecular weight excluding hydrogens is 376 g/mol. The van der Waals surface area contributed by atoms with Crippen molar-refractivity contribution in [1.29, 1.82) is 0 Å². The third-order valence-corrected chi connectivity index (χ3v) is 4.04. The summed E-state index contributed by atoms with van der Waals surface area (Å²) in [6.07, 6.45) is -0.394. The highest BCUT2D eigenvalue weighted by molar-refractivity contribution is 6.30. The number of pyridine rings is 1. The molecule has 27 heavy (non-hydrogen) atoms. The smallest absolute Gasteiger partial charge is 0.307 e. The van der Waals surface area contributed by atoms with Crippen LogP contribution in [0.5, 0.6) is 5.88 Å². The number of aliphatic carboxylic acids is 1. The lowest BCUT2D eigenvalue weighted by Crippen LogP contribution is -2.03. The van der Waals surface area contributed by atoms with Crippen LogP contribution >= 0.6 is 11.6 Å². The van der Waals surface area contributed by atoms with Crippen LogP contribution in [0.4, 0.5) is 8.78 Å². The second kappa shape index (κ2) is 8.14. The Morgan fingerprint density at radius 2 is 1.78 bits per heavy atom. The summed E-state index contributed by atoms with van der Waals surface area (Å²) >= 11 is 5.72. The van der Waals surface area contributed by atoms with Crippen LogP contribution in [0.3, 0.4) is 0 Å². The monoisotopic (exact) mass is 389 g/mol. The molecule has 1 N–H and O–H groups in total. The molecule has 0 bridgehead atoms. The van der Waals surface area contributed by atoms with E-state index >= 15 is 0 Å². The third-order valence-electron chi connectivity index (χ3n) is 3.80. The Kier molecular flexibility index (Phi) is 5.66. The maximum absolute atomic E-state index is 14.1. The molecule has 0 saturated carbocycles. The first-order chi connectivity index (χ1) is 12.9. The van der Waals surface area contributed by atoms with Gasteiger partial charge in [-0.25, -0.2) is 13.8 Å². The van der Waals surface area contributed by atoms with E-state index in [9.17, 15) is 13.6 Å². The predicted molar refractivity (Wildman–Crippen MR) is 96.7 cm³/mol. The third kappa shape index (κ3) is 4.80. The molecule has 3 aromatic rings. The van der Waals surface area contributed by atoms with E-state index in [1.54, 1.807) is 30.3 Å². The summed E-state index contributed by atoms with van der Waals surface area (Å²) in [5.41, 5.74) is 1.35. The zero-order valence-corrected chi connectivity index (χ0v) is 14.7. The summed E-state index contributed by atoms with van der Waals surface area (Å²) in [6, 6.07) is 13.5. The highest BCUT2D eigenvalue weighted by Gasteiger charge is 2.10. The standard InChI is InChI=1S/C20H14ClF2NO3/c21-15-7-6-14(17(23)10-15)11-27-19-3-1-2-18(24-19)13-5-4-12(9-20(25)26)16(22)8-13/h1-8,10H,9,11H2,(H,25,26). The molecule has 2 aromatic carbocycles. The van der Waals surface area contributed by atoms with Gasteiger partial charge in [-0.2, -0.15) is 0 Å². The van der Waals surface area contributed by atoms with Crippen molar-refractivity contribution in [2.24, 2.45) is 0 Å². The number of benzene rings is 2. The van der Waals surface area contributed by atoms with E-state index in [1.165, 1.54) is 24.3 Å². The molecule has 138 valence electrons. The van der Waals surface area contributed by atoms with Crippen LogP contribution in [0.1, 0.15) is 11.1 Å². The summed E-state index contributed by atoms with van der Waals surface area (Å²) in [5, 5.41) is 9.07. The van der Waals surface area contributed by atoms with Gasteiger partial charge in [-0.1, -0.05) is 35.9 Å². The summed E-state index contributed by atoms with van der Waals surface area (Å²) in [5.74, 6) is -1.96. The number of carbonyl (C=O) groups is 1. The molecule has 0 unspecified atom stereocenters. The fourth-order valence-corrected chi connectivity index (χ4v) is 2.62. The van der Waals surface area contributed by atoms with Crippen molar-refractivity contribution in [2.75, 3.05) is 0 Å². The van der Waals surface area contributed by atoms with Crippen molar-refractivity contribution in [3.63, 3.8) is 0 Å². The van der Waals surface area contributed by atoms with Gasteiger partial charge in [-0.3, -0.25) is 4.79 Å². The van der Waals surface area contributed by atoms with Crippen LogP contribution in [0, 0.1) is 11.6 Å². The number of halogens is 3. The van der Waals surface area contributed by atoms with Gasteiger partial charge in [-0.15, -0.1) is 0 Å². The normalized spacial score (nSPS) is 10.6. The van der Waals surface area contributed by atoms with Gasteiger partial charge in [0, 0.05) is 22.2 Å². The van der Waals surface area contributed by atoms with E-state index in [0.29, 0.717) is 21.8 Å². The zero-order chi connectivity index (χ0) is 19.4. The molecule has 3 rings (SSSR count). The van der Waals surface area contributed by atoms with Crippen LogP contribution in [-0.2, 0) is 17.8 Å². The van der Waals surface area contributed by atoms with Crippen molar-refractivity contribution in [1.82, 2.24) is 4.98 Å². The number of ether oxygens (including phenoxy) is 1. The molecule has 7 heteroatoms. The minimum atomic E-state index is -1.11. The van der Waals surface area contributed by atoms with Gasteiger partial charge < -0.3 is 9.84 Å². The fraction of sp³-hybridized carbons (Fsp3) is 0.100. The molecular formula is C20H14ClF2NO3. The number of rotatable bonds is 6. The second-order valence-corrected chi connectivity index (χ2v) is 6.20. The Bertz CT molecular complexity index is 995. The Labute approximate surface area is 159 Å². The predicted octanol–water partition coefficient (Wildman–Crippen LogP) is 4.89. The topological polar surface area (TPSA) is 59.4 Å². The molecule has 1 heterocycles. The van der Waals surface area contributed by atoms with Crippen LogP contribution in [0.2, 0.25) is 5.02 Å². The lowest BCUT2D eigenvalue weighted by atomic mass is 10.1. The number of carboxylic acids is 1. The van der Waals surface area contributed by atoms with Gasteiger partial charge in [0.15, 0.2) is 0 Å². The maximum Gasteiger partial charge on any atom is 0.307 e. The molecule has 0 atom stereocenters. The average molecular weight is 390 g/mol. The Morgan fingerprint density at radius 1 is 1.04 bits per heavy atom. The number of carboxylic acid groups (broad SMARTS) is 1. The number of hydrogen-bond acceptors (Lipinski definition) is 3. The minimum absolute atomic E-state index is 0.0363. The van der Waals surface area contributed by atoms with Crippen molar-refractivity contribution < 1.29 is 23.4 Å². The first kappa shape index (κ1) is 18.8. The van der Waals surface area contributed by atoms with Gasteiger partial charge in [0.25, 0.3) is 0 Å². The molecule has 0 radical (unpaired) electrons. The van der Waals surface area contributed by atoms with Crippen molar-refractivity contribution in [2.45, 2.75) is 13.0 Å². The van der Waals surface area contributed by atoms with E-state index in [0.717, 1.165) is 0 Å². The second-order valence-electron chi connectivity index (χ2n) is 5.76. The number of nitrogens with zero attached hydrogens (tertiary/aromatic N) is 1. The Hall–Kier alpha value is -2.99. The van der Waals surface area contributed by atoms with Crippen LogP contribution in [-0.4, -0.2) is 16.1 Å². The largest absolute Gasteiger partial charge is 0.481 e. The van der Waals surface area contributed by atoms with Crippen LogP contribution < -0.4 is 4.74 Å². The van der Waals surface area contributed by atoms with Gasteiger partial charge in [0.2, 0.25) is 5.88 Å². The highest BCUT2D eigenvalue weighted by atomic mass is 35.5. The molecule has 0 spiro atoms. The van der Waals surface area contributed by atoms with Crippen molar-refractivity contribution in [3.05, 3.63) is 82.4 Å². The van der Waals surface area contributed by atoms with Crippen molar-refractivity contribution >= 4 is 17.6 Å².